The number of likely N-dealkylation sites (N-methyl/N-ethyl adjacent to an activating group) is 1. The molecule has 0 aromatic carbocycles. The minimum atomic E-state index is -4.39. The van der Waals surface area contributed by atoms with E-state index in [4.69, 9.17) is 18.5 Å². The average Bonchev–Trinajstić information content (AvgIpc) is 3.15. The second kappa shape index (κ2) is 38.5. The predicted molar refractivity (Wildman–Crippen MR) is 233 cm³/mol. The molecule has 0 amide bonds. The molecule has 0 spiro atoms. The Labute approximate surface area is 343 Å². The lowest BCUT2D eigenvalue weighted by atomic mass is 10.0. The molecule has 0 aromatic rings. The van der Waals surface area contributed by atoms with Gasteiger partial charge in [-0.25, -0.2) is 4.57 Å². The summed E-state index contributed by atoms with van der Waals surface area (Å²) in [6.07, 6.45) is 43.4. The Kier molecular flexibility index (Phi) is 37.1. The first-order valence-electron chi connectivity index (χ1n) is 22.3. The number of esters is 2. The lowest BCUT2D eigenvalue weighted by Crippen LogP contribution is -2.37. The van der Waals surface area contributed by atoms with Gasteiger partial charge in [0.05, 0.1) is 27.7 Å². The number of rotatable bonds is 41. The van der Waals surface area contributed by atoms with Crippen molar-refractivity contribution >= 4 is 19.8 Å². The maximum absolute atomic E-state index is 12.7. The number of carbonyl (C=O) groups is 2. The Balaban J connectivity index is 4.42. The fraction of sp³-hybridized carbons (Fsp3) is 0.783. The average molecular weight is 811 g/mol. The van der Waals surface area contributed by atoms with E-state index in [2.05, 4.69) is 50.0 Å². The molecule has 0 fully saturated rings. The molecular weight excluding hydrogens is 725 g/mol. The minimum absolute atomic E-state index is 0.0227. The first-order chi connectivity index (χ1) is 27.0. The van der Waals surface area contributed by atoms with E-state index >= 15 is 0 Å². The van der Waals surface area contributed by atoms with Gasteiger partial charge < -0.3 is 18.9 Å². The molecule has 0 aromatic heterocycles. The topological polar surface area (TPSA) is 108 Å². The molecule has 56 heavy (non-hydrogen) atoms. The molecule has 0 aliphatic heterocycles. The van der Waals surface area contributed by atoms with Gasteiger partial charge in [0.2, 0.25) is 0 Å². The smallest absolute Gasteiger partial charge is 0.462 e. The first kappa shape index (κ1) is 54.0. The second-order valence-electron chi connectivity index (χ2n) is 16.2. The zero-order valence-electron chi connectivity index (χ0n) is 36.4. The van der Waals surface area contributed by atoms with E-state index in [-0.39, 0.29) is 26.1 Å². The molecule has 0 saturated heterocycles. The van der Waals surface area contributed by atoms with Gasteiger partial charge in [0, 0.05) is 12.8 Å². The summed E-state index contributed by atoms with van der Waals surface area (Å²) in [4.78, 5) is 35.3. The van der Waals surface area contributed by atoms with Crippen LogP contribution in [-0.2, 0) is 32.7 Å². The van der Waals surface area contributed by atoms with Crippen LogP contribution >= 0.6 is 7.82 Å². The van der Waals surface area contributed by atoms with E-state index < -0.39 is 32.5 Å². The number of carbonyl (C=O) groups excluding carboxylic acids is 2. The third-order valence-corrected chi connectivity index (χ3v) is 10.5. The van der Waals surface area contributed by atoms with Gasteiger partial charge in [-0.2, -0.15) is 0 Å². The molecule has 0 bridgehead atoms. The molecule has 2 atom stereocenters. The van der Waals surface area contributed by atoms with Crippen LogP contribution in [0.2, 0.25) is 0 Å². The zero-order chi connectivity index (χ0) is 41.4. The summed E-state index contributed by atoms with van der Waals surface area (Å²) >= 11 is 0. The van der Waals surface area contributed by atoms with E-state index in [1.165, 1.54) is 96.3 Å². The Morgan fingerprint density at radius 1 is 0.607 bits per heavy atom. The number of quaternary nitrogens is 1. The zero-order valence-corrected chi connectivity index (χ0v) is 37.3. The van der Waals surface area contributed by atoms with Crippen molar-refractivity contribution < 1.29 is 42.1 Å². The Bertz CT molecular complexity index is 1080. The van der Waals surface area contributed by atoms with Crippen LogP contribution in [0.15, 0.2) is 49.1 Å². The molecule has 0 aliphatic rings. The van der Waals surface area contributed by atoms with Crippen molar-refractivity contribution in [3.63, 3.8) is 0 Å². The number of phosphoric ester groups is 1. The number of phosphoric acid groups is 1. The number of allylic oxidation sites excluding steroid dienone is 7. The third kappa shape index (κ3) is 41.6. The molecule has 0 saturated carbocycles. The summed E-state index contributed by atoms with van der Waals surface area (Å²) in [6, 6.07) is 0. The largest absolute Gasteiger partial charge is 0.472 e. The van der Waals surface area contributed by atoms with E-state index in [0.717, 1.165) is 51.4 Å². The molecule has 1 unspecified atom stereocenters. The van der Waals surface area contributed by atoms with E-state index in [1.54, 1.807) is 0 Å². The first-order valence-corrected chi connectivity index (χ1v) is 23.8. The van der Waals surface area contributed by atoms with Gasteiger partial charge in [-0.05, 0) is 57.8 Å². The summed E-state index contributed by atoms with van der Waals surface area (Å²) in [5.74, 6) is -0.862. The molecular formula is C46H85NO8P+. The van der Waals surface area contributed by atoms with Crippen LogP contribution in [-0.4, -0.2) is 74.9 Å². The normalized spacial score (nSPS) is 13.8. The third-order valence-electron chi connectivity index (χ3n) is 9.48. The lowest BCUT2D eigenvalue weighted by molar-refractivity contribution is -0.870. The van der Waals surface area contributed by atoms with Crippen LogP contribution in [0.1, 0.15) is 180 Å². The van der Waals surface area contributed by atoms with Crippen molar-refractivity contribution in [1.82, 2.24) is 0 Å². The van der Waals surface area contributed by atoms with Gasteiger partial charge in [0.15, 0.2) is 6.10 Å². The van der Waals surface area contributed by atoms with Crippen LogP contribution in [0.25, 0.3) is 0 Å². The maximum Gasteiger partial charge on any atom is 0.472 e. The fourth-order valence-electron chi connectivity index (χ4n) is 5.95. The van der Waals surface area contributed by atoms with Crippen LogP contribution in [0.3, 0.4) is 0 Å². The second-order valence-corrected chi connectivity index (χ2v) is 17.6. The quantitative estimate of drug-likeness (QED) is 0.0214. The number of unbranched alkanes of at least 4 members (excludes halogenated alkanes) is 20. The summed E-state index contributed by atoms with van der Waals surface area (Å²) in [7, 11) is 1.45. The van der Waals surface area contributed by atoms with Gasteiger partial charge >= 0.3 is 19.8 Å². The van der Waals surface area contributed by atoms with Crippen molar-refractivity contribution in [2.24, 2.45) is 0 Å². The van der Waals surface area contributed by atoms with Crippen molar-refractivity contribution in [1.29, 1.82) is 0 Å². The lowest BCUT2D eigenvalue weighted by Gasteiger charge is -2.24. The molecule has 1 N–H and O–H groups in total. The minimum Gasteiger partial charge on any atom is -0.462 e. The molecule has 326 valence electrons. The molecule has 0 radical (unpaired) electrons. The van der Waals surface area contributed by atoms with Gasteiger partial charge in [-0.1, -0.05) is 152 Å². The van der Waals surface area contributed by atoms with E-state index in [0.29, 0.717) is 23.9 Å². The number of hydrogen-bond acceptors (Lipinski definition) is 7. The summed E-state index contributed by atoms with van der Waals surface area (Å²) in [5, 5.41) is 0. The summed E-state index contributed by atoms with van der Waals surface area (Å²) < 4.78 is 34.2. The van der Waals surface area contributed by atoms with Crippen molar-refractivity contribution in [2.75, 3.05) is 47.5 Å². The summed E-state index contributed by atoms with van der Waals surface area (Å²) in [6.45, 7) is 5.88. The Morgan fingerprint density at radius 2 is 1.07 bits per heavy atom. The highest BCUT2D eigenvalue weighted by Gasteiger charge is 2.27. The van der Waals surface area contributed by atoms with Gasteiger partial charge in [-0.15, -0.1) is 6.58 Å². The van der Waals surface area contributed by atoms with Crippen LogP contribution in [0.5, 0.6) is 0 Å². The van der Waals surface area contributed by atoms with Gasteiger partial charge in [0.25, 0.3) is 0 Å². The van der Waals surface area contributed by atoms with Crippen molar-refractivity contribution in [2.45, 2.75) is 186 Å². The number of hydrogen-bond donors (Lipinski definition) is 1. The predicted octanol–water partition coefficient (Wildman–Crippen LogP) is 12.7. The van der Waals surface area contributed by atoms with Crippen LogP contribution in [0.4, 0.5) is 0 Å². The molecule has 0 aliphatic carbocycles. The highest BCUT2D eigenvalue weighted by atomic mass is 31.2. The van der Waals surface area contributed by atoms with Crippen molar-refractivity contribution in [3.8, 4) is 0 Å². The SMILES string of the molecule is C=CCCCCCCCCCCCCCCCC(=O)O[C@H](COC(=O)CCC/C=C/C/C=C/C/C=C/CCCCCCCC)COP(=O)(O)OCC[N+](C)(C)C. The van der Waals surface area contributed by atoms with Crippen molar-refractivity contribution in [3.05, 3.63) is 49.1 Å². The standard InChI is InChI=1S/C46H84NO8P/c1-6-8-10-12-14-16-18-20-22-23-25-26-28-30-32-34-36-38-45(48)52-42-44(43-54-56(50,51)53-41-40-47(3,4)5)55-46(49)39-37-35-33-31-29-27-24-21-19-17-15-13-11-9-7-2/h7,20,22,25-26,30,32,44H,2,6,8-19,21,23-24,27-29,31,33-43H2,1,3-5H3/p+1/b22-20+,26-25+,32-30+/t44-/m1/s1. The number of nitrogens with zero attached hydrogens (tertiary/aromatic N) is 1. The molecule has 9 nitrogen and oxygen atoms in total. The number of ether oxygens (including phenoxy) is 2. The Hall–Kier alpha value is -2.03. The van der Waals surface area contributed by atoms with Crippen LogP contribution in [0, 0.1) is 0 Å². The summed E-state index contributed by atoms with van der Waals surface area (Å²) in [5.41, 5.74) is 0. The maximum atomic E-state index is 12.7. The monoisotopic (exact) mass is 811 g/mol. The highest BCUT2D eigenvalue weighted by molar-refractivity contribution is 7.47. The van der Waals surface area contributed by atoms with E-state index in [1.807, 2.05) is 27.2 Å². The van der Waals surface area contributed by atoms with Gasteiger partial charge in [-0.3, -0.25) is 18.6 Å². The van der Waals surface area contributed by atoms with Gasteiger partial charge in [0.1, 0.15) is 19.8 Å². The fourth-order valence-corrected chi connectivity index (χ4v) is 6.69. The molecule has 10 heteroatoms. The molecule has 0 heterocycles. The highest BCUT2D eigenvalue weighted by Crippen LogP contribution is 2.43. The Morgan fingerprint density at radius 3 is 1.61 bits per heavy atom. The van der Waals surface area contributed by atoms with Crippen LogP contribution < -0.4 is 0 Å². The molecule has 0 rings (SSSR count). The van der Waals surface area contributed by atoms with E-state index in [9.17, 15) is 19.0 Å².